The van der Waals surface area contributed by atoms with Crippen LogP contribution in [0.15, 0.2) is 30.3 Å². The minimum Gasteiger partial charge on any atom is -0.428 e. The summed E-state index contributed by atoms with van der Waals surface area (Å²) in [6.07, 6.45) is 1.25. The zero-order chi connectivity index (χ0) is 12.1. The molecule has 17 heavy (non-hydrogen) atoms. The lowest BCUT2D eigenvalue weighted by atomic mass is 10.4. The first-order chi connectivity index (χ1) is 8.18. The minimum absolute atomic E-state index is 0.335. The Morgan fingerprint density at radius 3 is 2.76 bits per heavy atom. The maximum Gasteiger partial charge on any atom is 0.217 e. The Bertz CT molecular complexity index is 336. The second-order valence-electron chi connectivity index (χ2n) is 4.77. The molecule has 1 aliphatic rings. The number of epoxide rings is 1. The number of hydrogen-bond donors (Lipinski definition) is 1. The van der Waals surface area contributed by atoms with Gasteiger partial charge in [-0.1, -0.05) is 30.3 Å². The molecule has 0 spiro atoms. The van der Waals surface area contributed by atoms with Crippen LogP contribution in [0.25, 0.3) is 0 Å². The van der Waals surface area contributed by atoms with Crippen molar-refractivity contribution in [3.63, 3.8) is 0 Å². The topological polar surface area (TPSA) is 42.0 Å². The maximum absolute atomic E-state index is 10.5. The molecule has 1 fully saturated rings. The number of hydrogen-bond acceptors (Lipinski definition) is 3. The zero-order valence-corrected chi connectivity index (χ0v) is 11.3. The summed E-state index contributed by atoms with van der Waals surface area (Å²) in [5, 5.41) is 1.10. The second kappa shape index (κ2) is 5.77. The van der Waals surface area contributed by atoms with E-state index in [1.807, 2.05) is 36.9 Å². The fraction of sp³-hybridized carbons (Fsp3) is 0.538. The standard InChI is InChI=1S/C13H20O3Si/c1-17(14,13-6-3-2-4-7-13)9-5-8-15-10-12-11-16-12/h2-4,6-7,12,14H,5,8-11H2,1H3. The van der Waals surface area contributed by atoms with E-state index >= 15 is 0 Å². The predicted molar refractivity (Wildman–Crippen MR) is 69.9 cm³/mol. The highest BCUT2D eigenvalue weighted by molar-refractivity contribution is 6.84. The van der Waals surface area contributed by atoms with Crippen LogP contribution in [0.5, 0.6) is 0 Å². The smallest absolute Gasteiger partial charge is 0.217 e. The van der Waals surface area contributed by atoms with Crippen molar-refractivity contribution in [3.8, 4) is 0 Å². The van der Waals surface area contributed by atoms with E-state index in [1.54, 1.807) is 0 Å². The molecule has 1 aromatic carbocycles. The van der Waals surface area contributed by atoms with Crippen molar-refractivity contribution in [2.24, 2.45) is 0 Å². The summed E-state index contributed by atoms with van der Waals surface area (Å²) in [5.74, 6) is 0. The number of ether oxygens (including phenoxy) is 2. The average molecular weight is 252 g/mol. The van der Waals surface area contributed by atoms with Gasteiger partial charge in [-0.15, -0.1) is 0 Å². The van der Waals surface area contributed by atoms with Crippen molar-refractivity contribution in [1.82, 2.24) is 0 Å². The summed E-state index contributed by atoms with van der Waals surface area (Å²) in [6.45, 7) is 4.26. The summed E-state index contributed by atoms with van der Waals surface area (Å²) >= 11 is 0. The molecular formula is C13H20O3Si. The van der Waals surface area contributed by atoms with Gasteiger partial charge in [0.15, 0.2) is 0 Å². The van der Waals surface area contributed by atoms with Crippen molar-refractivity contribution in [2.75, 3.05) is 19.8 Å². The van der Waals surface area contributed by atoms with Gasteiger partial charge in [0, 0.05) is 6.61 Å². The van der Waals surface area contributed by atoms with E-state index in [9.17, 15) is 4.80 Å². The quantitative estimate of drug-likeness (QED) is 0.451. The molecule has 0 amide bonds. The van der Waals surface area contributed by atoms with Crippen molar-refractivity contribution < 1.29 is 14.3 Å². The molecule has 0 aliphatic carbocycles. The molecule has 0 radical (unpaired) electrons. The molecule has 1 N–H and O–H groups in total. The van der Waals surface area contributed by atoms with Crippen LogP contribution in [-0.4, -0.2) is 39.0 Å². The van der Waals surface area contributed by atoms with Crippen LogP contribution in [0, 0.1) is 0 Å². The van der Waals surface area contributed by atoms with Crippen LogP contribution in [0.3, 0.4) is 0 Å². The van der Waals surface area contributed by atoms with Gasteiger partial charge in [0.2, 0.25) is 8.32 Å². The summed E-state index contributed by atoms with van der Waals surface area (Å²) in [6, 6.07) is 10.8. The summed E-state index contributed by atoms with van der Waals surface area (Å²) in [4.78, 5) is 10.5. The van der Waals surface area contributed by atoms with Gasteiger partial charge in [-0.05, 0) is 24.2 Å². The van der Waals surface area contributed by atoms with Gasteiger partial charge in [0.1, 0.15) is 6.10 Å². The fourth-order valence-corrected chi connectivity index (χ4v) is 3.87. The highest BCUT2D eigenvalue weighted by atomic mass is 28.4. The molecule has 2 atom stereocenters. The van der Waals surface area contributed by atoms with Crippen LogP contribution in [0.2, 0.25) is 12.6 Å². The van der Waals surface area contributed by atoms with Crippen LogP contribution >= 0.6 is 0 Å². The SMILES string of the molecule is C[Si](O)(CCCOCC1CO1)c1ccccc1. The Labute approximate surface area is 104 Å². The zero-order valence-electron chi connectivity index (χ0n) is 10.3. The van der Waals surface area contributed by atoms with E-state index in [-0.39, 0.29) is 0 Å². The molecule has 1 saturated heterocycles. The van der Waals surface area contributed by atoms with Crippen molar-refractivity contribution in [2.45, 2.75) is 25.1 Å². The number of rotatable bonds is 7. The largest absolute Gasteiger partial charge is 0.428 e. The van der Waals surface area contributed by atoms with E-state index in [1.165, 1.54) is 0 Å². The van der Waals surface area contributed by atoms with E-state index in [0.717, 1.165) is 30.9 Å². The third-order valence-corrected chi connectivity index (χ3v) is 5.96. The molecular weight excluding hydrogens is 232 g/mol. The predicted octanol–water partition coefficient (Wildman–Crippen LogP) is 1.27. The molecule has 0 bridgehead atoms. The average Bonchev–Trinajstić information content (AvgIpc) is 3.14. The fourth-order valence-electron chi connectivity index (χ4n) is 1.84. The van der Waals surface area contributed by atoms with Crippen LogP contribution in [0.4, 0.5) is 0 Å². The Balaban J connectivity index is 1.69. The van der Waals surface area contributed by atoms with Crippen molar-refractivity contribution in [3.05, 3.63) is 30.3 Å². The minimum atomic E-state index is -2.25. The Morgan fingerprint density at radius 1 is 1.41 bits per heavy atom. The summed E-state index contributed by atoms with van der Waals surface area (Å²) in [5.41, 5.74) is 0. The highest BCUT2D eigenvalue weighted by Gasteiger charge is 2.26. The van der Waals surface area contributed by atoms with Crippen LogP contribution in [0.1, 0.15) is 6.42 Å². The first-order valence-corrected chi connectivity index (χ1v) is 8.81. The Morgan fingerprint density at radius 2 is 2.12 bits per heavy atom. The van der Waals surface area contributed by atoms with Crippen molar-refractivity contribution in [1.29, 1.82) is 0 Å². The lowest BCUT2D eigenvalue weighted by molar-refractivity contribution is 0.116. The van der Waals surface area contributed by atoms with Gasteiger partial charge >= 0.3 is 0 Å². The van der Waals surface area contributed by atoms with E-state index < -0.39 is 8.32 Å². The lowest BCUT2D eigenvalue weighted by Crippen LogP contribution is -2.44. The third-order valence-electron chi connectivity index (χ3n) is 3.05. The van der Waals surface area contributed by atoms with Crippen LogP contribution in [-0.2, 0) is 9.47 Å². The van der Waals surface area contributed by atoms with Gasteiger partial charge < -0.3 is 14.3 Å². The molecule has 1 aliphatic heterocycles. The monoisotopic (exact) mass is 252 g/mol. The molecule has 0 saturated carbocycles. The lowest BCUT2D eigenvalue weighted by Gasteiger charge is -2.20. The second-order valence-corrected chi connectivity index (χ2v) is 8.40. The molecule has 1 aromatic rings. The molecule has 94 valence electrons. The van der Waals surface area contributed by atoms with E-state index in [0.29, 0.717) is 12.7 Å². The molecule has 3 nitrogen and oxygen atoms in total. The maximum atomic E-state index is 10.5. The molecule has 0 aromatic heterocycles. The summed E-state index contributed by atoms with van der Waals surface area (Å²) < 4.78 is 10.5. The number of benzene rings is 1. The van der Waals surface area contributed by atoms with Gasteiger partial charge in [0.25, 0.3) is 0 Å². The first kappa shape index (κ1) is 12.8. The van der Waals surface area contributed by atoms with Gasteiger partial charge in [-0.2, -0.15) is 0 Å². The normalized spacial score (nSPS) is 22.1. The molecule has 4 heteroatoms. The van der Waals surface area contributed by atoms with Crippen molar-refractivity contribution >= 4 is 13.5 Å². The van der Waals surface area contributed by atoms with Crippen LogP contribution < -0.4 is 5.19 Å². The van der Waals surface area contributed by atoms with E-state index in [4.69, 9.17) is 9.47 Å². The van der Waals surface area contributed by atoms with Gasteiger partial charge in [-0.25, -0.2) is 0 Å². The summed E-state index contributed by atoms with van der Waals surface area (Å²) in [7, 11) is -2.25. The third kappa shape index (κ3) is 4.24. The molecule has 2 unspecified atom stereocenters. The van der Waals surface area contributed by atoms with Gasteiger partial charge in [0.05, 0.1) is 13.2 Å². The molecule has 2 rings (SSSR count). The highest BCUT2D eigenvalue weighted by Crippen LogP contribution is 2.11. The van der Waals surface area contributed by atoms with E-state index in [2.05, 4.69) is 0 Å². The van der Waals surface area contributed by atoms with Gasteiger partial charge in [-0.3, -0.25) is 0 Å². The molecule has 1 heterocycles. The Hall–Kier alpha value is -0.683. The first-order valence-electron chi connectivity index (χ1n) is 6.16. The Kier molecular flexibility index (Phi) is 4.34.